The van der Waals surface area contributed by atoms with E-state index in [1.54, 1.807) is 23.7 Å². The highest BCUT2D eigenvalue weighted by Gasteiger charge is 2.21. The molecule has 3 aromatic rings. The second-order valence-corrected chi connectivity index (χ2v) is 7.51. The molecule has 148 valence electrons. The number of thioether (sulfide) groups is 1. The smallest absolute Gasteiger partial charge is 0.271 e. The fourth-order valence-electron chi connectivity index (χ4n) is 2.58. The SMILES string of the molecule is CCOc1ccc(NC(=O)[C@H](C)Sc2nnc(-n3nc(C)cc3C)n2N)cc1. The molecular formula is C18H23N7O2S. The Kier molecular flexibility index (Phi) is 5.88. The van der Waals surface area contributed by atoms with Gasteiger partial charge in [-0.05, 0) is 58.0 Å². The van der Waals surface area contributed by atoms with Crippen molar-refractivity contribution in [3.63, 3.8) is 0 Å². The molecule has 0 radical (unpaired) electrons. The summed E-state index contributed by atoms with van der Waals surface area (Å²) < 4.78 is 8.36. The van der Waals surface area contributed by atoms with Crippen molar-refractivity contribution in [3.8, 4) is 11.7 Å². The van der Waals surface area contributed by atoms with Crippen LogP contribution in [0.5, 0.6) is 5.75 Å². The van der Waals surface area contributed by atoms with Gasteiger partial charge in [-0.1, -0.05) is 11.8 Å². The van der Waals surface area contributed by atoms with Crippen molar-refractivity contribution < 1.29 is 9.53 Å². The van der Waals surface area contributed by atoms with E-state index >= 15 is 0 Å². The van der Waals surface area contributed by atoms with Crippen molar-refractivity contribution in [1.82, 2.24) is 24.7 Å². The monoisotopic (exact) mass is 401 g/mol. The molecule has 1 amide bonds. The standard InChI is InChI=1S/C18H23N7O2S/c1-5-27-15-8-6-14(7-9-15)20-16(26)13(4)28-18-22-21-17(24(18)19)25-12(3)10-11(2)23-25/h6-10,13H,5,19H2,1-4H3,(H,20,26)/t13-/m0/s1. The van der Waals surface area contributed by atoms with Crippen LogP contribution in [0.4, 0.5) is 5.69 Å². The minimum atomic E-state index is -0.425. The summed E-state index contributed by atoms with van der Waals surface area (Å²) >= 11 is 1.22. The highest BCUT2D eigenvalue weighted by molar-refractivity contribution is 8.00. The normalized spacial score (nSPS) is 12.0. The highest BCUT2D eigenvalue weighted by atomic mass is 32.2. The van der Waals surface area contributed by atoms with Crippen molar-refractivity contribution in [2.24, 2.45) is 0 Å². The Balaban J connectivity index is 1.66. The average molecular weight is 401 g/mol. The number of nitrogens with zero attached hydrogens (tertiary/aromatic N) is 5. The molecule has 0 bridgehead atoms. The summed E-state index contributed by atoms with van der Waals surface area (Å²) in [5.74, 6) is 7.12. The van der Waals surface area contributed by atoms with Crippen LogP contribution < -0.4 is 15.9 Å². The summed E-state index contributed by atoms with van der Waals surface area (Å²) in [5.41, 5.74) is 2.45. The van der Waals surface area contributed by atoms with Crippen molar-refractivity contribution in [3.05, 3.63) is 41.7 Å². The fourth-order valence-corrected chi connectivity index (χ4v) is 3.35. The number of aromatic nitrogens is 5. The van der Waals surface area contributed by atoms with Gasteiger partial charge >= 0.3 is 0 Å². The quantitative estimate of drug-likeness (QED) is 0.461. The van der Waals surface area contributed by atoms with E-state index in [-0.39, 0.29) is 5.91 Å². The van der Waals surface area contributed by atoms with Gasteiger partial charge in [0.15, 0.2) is 0 Å². The van der Waals surface area contributed by atoms with Crippen LogP contribution in [0.1, 0.15) is 25.2 Å². The van der Waals surface area contributed by atoms with Gasteiger partial charge in [0.05, 0.1) is 17.6 Å². The van der Waals surface area contributed by atoms with Crippen LogP contribution in [-0.2, 0) is 4.79 Å². The lowest BCUT2D eigenvalue weighted by molar-refractivity contribution is -0.115. The maximum Gasteiger partial charge on any atom is 0.271 e. The molecule has 1 atom stereocenters. The maximum atomic E-state index is 12.5. The van der Waals surface area contributed by atoms with Crippen LogP contribution in [0.2, 0.25) is 0 Å². The van der Waals surface area contributed by atoms with E-state index in [4.69, 9.17) is 10.6 Å². The molecule has 1 aromatic carbocycles. The molecule has 0 aliphatic carbocycles. The van der Waals surface area contributed by atoms with E-state index in [0.717, 1.165) is 17.1 Å². The van der Waals surface area contributed by atoms with Crippen LogP contribution in [0.15, 0.2) is 35.5 Å². The topological polar surface area (TPSA) is 113 Å². The Hall–Kier alpha value is -3.01. The van der Waals surface area contributed by atoms with Crippen molar-refractivity contribution >= 4 is 23.4 Å². The summed E-state index contributed by atoms with van der Waals surface area (Å²) in [6.07, 6.45) is 0. The number of hydrogen-bond acceptors (Lipinski definition) is 7. The zero-order valence-corrected chi connectivity index (χ0v) is 17.0. The van der Waals surface area contributed by atoms with Gasteiger partial charge in [0.2, 0.25) is 11.1 Å². The lowest BCUT2D eigenvalue weighted by atomic mass is 10.3. The van der Waals surface area contributed by atoms with Crippen LogP contribution >= 0.6 is 11.8 Å². The first-order valence-corrected chi connectivity index (χ1v) is 9.71. The largest absolute Gasteiger partial charge is 0.494 e. The van der Waals surface area contributed by atoms with Crippen LogP contribution in [0, 0.1) is 13.8 Å². The van der Waals surface area contributed by atoms with E-state index < -0.39 is 5.25 Å². The third kappa shape index (κ3) is 4.28. The maximum absolute atomic E-state index is 12.5. The molecule has 0 spiro atoms. The minimum absolute atomic E-state index is 0.162. The highest BCUT2D eigenvalue weighted by Crippen LogP contribution is 2.24. The van der Waals surface area contributed by atoms with E-state index in [2.05, 4.69) is 20.6 Å². The van der Waals surface area contributed by atoms with E-state index in [1.807, 2.05) is 39.0 Å². The molecule has 3 N–H and O–H groups in total. The number of nitrogen functional groups attached to an aromatic ring is 1. The molecule has 3 rings (SSSR count). The first-order valence-electron chi connectivity index (χ1n) is 8.83. The van der Waals surface area contributed by atoms with Crippen molar-refractivity contribution in [1.29, 1.82) is 0 Å². The van der Waals surface area contributed by atoms with Gasteiger partial charge < -0.3 is 15.9 Å². The third-order valence-corrected chi connectivity index (χ3v) is 4.99. The Morgan fingerprint density at radius 1 is 1.29 bits per heavy atom. The first-order chi connectivity index (χ1) is 13.4. The molecule has 9 nitrogen and oxygen atoms in total. The second-order valence-electron chi connectivity index (χ2n) is 6.20. The molecule has 10 heteroatoms. The van der Waals surface area contributed by atoms with E-state index in [1.165, 1.54) is 16.4 Å². The van der Waals surface area contributed by atoms with Gasteiger partial charge in [-0.25, -0.2) is 9.36 Å². The molecule has 0 saturated carbocycles. The van der Waals surface area contributed by atoms with Crippen molar-refractivity contribution in [2.45, 2.75) is 38.1 Å². The number of hydrogen-bond donors (Lipinski definition) is 2. The fraction of sp³-hybridized carbons (Fsp3) is 0.333. The predicted octanol–water partition coefficient (Wildman–Crippen LogP) is 2.31. The minimum Gasteiger partial charge on any atom is -0.494 e. The summed E-state index contributed by atoms with van der Waals surface area (Å²) in [6.45, 7) is 8.11. The number of nitrogens with two attached hydrogens (primary N) is 1. The number of ether oxygens (including phenoxy) is 1. The van der Waals surface area contributed by atoms with Gasteiger partial charge in [-0.3, -0.25) is 4.79 Å². The number of rotatable bonds is 7. The van der Waals surface area contributed by atoms with Gasteiger partial charge in [0.1, 0.15) is 5.75 Å². The Morgan fingerprint density at radius 2 is 2.00 bits per heavy atom. The van der Waals surface area contributed by atoms with E-state index in [9.17, 15) is 4.79 Å². The number of aryl methyl sites for hydroxylation is 2. The van der Waals surface area contributed by atoms with Gasteiger partial charge in [0, 0.05) is 11.4 Å². The third-order valence-electron chi connectivity index (χ3n) is 3.93. The average Bonchev–Trinajstić information content (AvgIpc) is 3.18. The Labute approximate surface area is 167 Å². The lowest BCUT2D eigenvalue weighted by Crippen LogP contribution is -2.24. The molecule has 0 aliphatic heterocycles. The molecule has 0 saturated heterocycles. The van der Waals surface area contributed by atoms with Gasteiger partial charge in [-0.2, -0.15) is 5.10 Å². The summed E-state index contributed by atoms with van der Waals surface area (Å²) in [6, 6.07) is 9.15. The second kappa shape index (κ2) is 8.34. The molecular weight excluding hydrogens is 378 g/mol. The molecule has 2 aromatic heterocycles. The molecule has 0 aliphatic rings. The number of amides is 1. The van der Waals surface area contributed by atoms with Crippen LogP contribution in [0.25, 0.3) is 5.95 Å². The summed E-state index contributed by atoms with van der Waals surface area (Å²) in [5, 5.41) is 15.4. The zero-order valence-electron chi connectivity index (χ0n) is 16.2. The first kappa shape index (κ1) is 19.7. The molecule has 0 unspecified atom stereocenters. The summed E-state index contributed by atoms with van der Waals surface area (Å²) in [7, 11) is 0. The van der Waals surface area contributed by atoms with Crippen LogP contribution in [0.3, 0.4) is 0 Å². The lowest BCUT2D eigenvalue weighted by Gasteiger charge is -2.12. The Morgan fingerprint density at radius 3 is 2.61 bits per heavy atom. The predicted molar refractivity (Wildman–Crippen MR) is 108 cm³/mol. The molecule has 2 heterocycles. The van der Waals surface area contributed by atoms with Gasteiger partial charge in [0.25, 0.3) is 5.95 Å². The number of anilines is 1. The Bertz CT molecular complexity index is 965. The van der Waals surface area contributed by atoms with E-state index in [0.29, 0.717) is 23.4 Å². The molecule has 0 fully saturated rings. The number of benzene rings is 1. The van der Waals surface area contributed by atoms with Crippen LogP contribution in [-0.4, -0.2) is 42.4 Å². The summed E-state index contributed by atoms with van der Waals surface area (Å²) in [4.78, 5) is 12.5. The van der Waals surface area contributed by atoms with Gasteiger partial charge in [-0.15, -0.1) is 10.2 Å². The number of carbonyl (C=O) groups excluding carboxylic acids is 1. The number of nitrogens with one attached hydrogen (secondary N) is 1. The number of carbonyl (C=O) groups is 1. The van der Waals surface area contributed by atoms with Crippen molar-refractivity contribution in [2.75, 3.05) is 17.8 Å². The molecule has 28 heavy (non-hydrogen) atoms. The zero-order chi connectivity index (χ0) is 20.3.